The van der Waals surface area contributed by atoms with Gasteiger partial charge in [0, 0.05) is 13.0 Å². The van der Waals surface area contributed by atoms with Crippen LogP contribution in [-0.2, 0) is 4.79 Å². The first-order chi connectivity index (χ1) is 15.7. The highest BCUT2D eigenvalue weighted by Gasteiger charge is 1.99. The minimum absolute atomic E-state index is 0.238. The van der Waals surface area contributed by atoms with Crippen molar-refractivity contribution in [2.75, 3.05) is 19.6 Å². The van der Waals surface area contributed by atoms with Crippen LogP contribution in [0.4, 0.5) is 0 Å². The second kappa shape index (κ2) is 32.6. The molecule has 0 aromatic carbocycles. The summed E-state index contributed by atoms with van der Waals surface area (Å²) in [4.78, 5) is 11.4. The normalized spacial score (nSPS) is 10.6. The number of rotatable bonds is 24. The van der Waals surface area contributed by atoms with Crippen molar-refractivity contribution in [2.24, 2.45) is 0 Å². The summed E-state index contributed by atoms with van der Waals surface area (Å²) in [6.45, 7) is 12.1. The monoisotopic (exact) mass is 454 g/mol. The predicted octanol–water partition coefficient (Wildman–Crippen LogP) is 8.95. The number of nitrogens with one attached hydrogen (secondary N) is 2. The molecular weight excluding hydrogens is 392 g/mol. The molecule has 0 rings (SSSR count). The van der Waals surface area contributed by atoms with Gasteiger partial charge in [-0.05, 0) is 38.8 Å². The summed E-state index contributed by atoms with van der Waals surface area (Å²) in [5, 5.41) is 6.33. The van der Waals surface area contributed by atoms with E-state index in [9.17, 15) is 4.79 Å². The third-order valence-corrected chi connectivity index (χ3v) is 5.99. The van der Waals surface area contributed by atoms with Crippen molar-refractivity contribution < 1.29 is 4.79 Å². The highest BCUT2D eigenvalue weighted by molar-refractivity contribution is 5.75. The second-order valence-electron chi connectivity index (χ2n) is 9.51. The van der Waals surface area contributed by atoms with Gasteiger partial charge in [0.2, 0.25) is 5.91 Å². The van der Waals surface area contributed by atoms with Crippen molar-refractivity contribution in [1.29, 1.82) is 0 Å². The molecular formula is C29H62N2O. The minimum atomic E-state index is 0.238. The third-order valence-electron chi connectivity index (χ3n) is 5.99. The van der Waals surface area contributed by atoms with Crippen molar-refractivity contribution in [3.05, 3.63) is 0 Å². The van der Waals surface area contributed by atoms with Crippen LogP contribution in [0.2, 0.25) is 0 Å². The summed E-state index contributed by atoms with van der Waals surface area (Å²) < 4.78 is 0. The Labute approximate surface area is 203 Å². The fraction of sp³-hybridized carbons (Fsp3) is 0.966. The number of carbonyl (C=O) groups is 1. The van der Waals surface area contributed by atoms with Gasteiger partial charge in [-0.3, -0.25) is 4.79 Å². The number of hydrogen-bond acceptors (Lipinski definition) is 2. The van der Waals surface area contributed by atoms with E-state index in [1.807, 2.05) is 0 Å². The molecule has 0 aliphatic carbocycles. The van der Waals surface area contributed by atoms with Gasteiger partial charge in [0.25, 0.3) is 0 Å². The van der Waals surface area contributed by atoms with Gasteiger partial charge < -0.3 is 10.6 Å². The van der Waals surface area contributed by atoms with Crippen molar-refractivity contribution in [1.82, 2.24) is 10.6 Å². The Kier molecular flexibility index (Phi) is 34.2. The average Bonchev–Trinajstić information content (AvgIpc) is 2.80. The van der Waals surface area contributed by atoms with Crippen molar-refractivity contribution in [3.8, 4) is 0 Å². The van der Waals surface area contributed by atoms with E-state index in [2.05, 4.69) is 38.3 Å². The maximum Gasteiger partial charge on any atom is 0.219 e. The molecule has 3 heteroatoms. The topological polar surface area (TPSA) is 41.1 Å². The van der Waals surface area contributed by atoms with E-state index in [0.717, 1.165) is 25.8 Å². The predicted molar refractivity (Wildman–Crippen MR) is 146 cm³/mol. The van der Waals surface area contributed by atoms with Crippen LogP contribution < -0.4 is 10.6 Å². The molecule has 1 amide bonds. The van der Waals surface area contributed by atoms with Crippen LogP contribution in [0, 0.1) is 0 Å². The lowest BCUT2D eigenvalue weighted by Gasteiger charge is -2.04. The van der Waals surface area contributed by atoms with Gasteiger partial charge in [0.15, 0.2) is 0 Å². The number of carbonyl (C=O) groups excluding carboxylic acids is 1. The molecule has 0 radical (unpaired) electrons. The van der Waals surface area contributed by atoms with Crippen molar-refractivity contribution in [2.45, 2.75) is 163 Å². The fourth-order valence-corrected chi connectivity index (χ4v) is 3.74. The van der Waals surface area contributed by atoms with Crippen LogP contribution in [0.15, 0.2) is 0 Å². The summed E-state index contributed by atoms with van der Waals surface area (Å²) in [5.74, 6) is 0.238. The summed E-state index contributed by atoms with van der Waals surface area (Å²) >= 11 is 0. The average molecular weight is 455 g/mol. The van der Waals surface area contributed by atoms with E-state index in [0.29, 0.717) is 0 Å². The van der Waals surface area contributed by atoms with Crippen LogP contribution in [0.25, 0.3) is 0 Å². The Balaban J connectivity index is 0. The molecule has 32 heavy (non-hydrogen) atoms. The van der Waals surface area contributed by atoms with Crippen LogP contribution in [-0.4, -0.2) is 25.5 Å². The highest BCUT2D eigenvalue weighted by Crippen LogP contribution is 2.13. The van der Waals surface area contributed by atoms with E-state index in [1.54, 1.807) is 0 Å². The molecule has 0 saturated heterocycles. The standard InChI is InChI=1S/C21H43NO.C8H19N/c1-3-5-6-7-8-9-10-11-12-13-14-15-16-17-18-19-21(23)22-20-4-2;1-3-5-7-9-8-6-4-2/h3-20H2,1-2H3,(H,22,23);9H,3-8H2,1-2H3. The van der Waals surface area contributed by atoms with Gasteiger partial charge in [0.05, 0.1) is 0 Å². The molecule has 0 aliphatic rings. The highest BCUT2D eigenvalue weighted by atomic mass is 16.1. The van der Waals surface area contributed by atoms with E-state index in [-0.39, 0.29) is 5.91 Å². The lowest BCUT2D eigenvalue weighted by atomic mass is 10.0. The molecule has 0 spiro atoms. The molecule has 194 valence electrons. The van der Waals surface area contributed by atoms with Gasteiger partial charge in [-0.25, -0.2) is 0 Å². The first-order valence-corrected chi connectivity index (χ1v) is 14.7. The van der Waals surface area contributed by atoms with E-state index in [1.165, 1.54) is 129 Å². The molecule has 0 saturated carbocycles. The van der Waals surface area contributed by atoms with Crippen LogP contribution in [0.5, 0.6) is 0 Å². The van der Waals surface area contributed by atoms with Crippen LogP contribution in [0.1, 0.15) is 163 Å². The lowest BCUT2D eigenvalue weighted by Crippen LogP contribution is -2.23. The van der Waals surface area contributed by atoms with Gasteiger partial charge in [0.1, 0.15) is 0 Å². The Morgan fingerprint density at radius 3 is 1.19 bits per heavy atom. The lowest BCUT2D eigenvalue weighted by molar-refractivity contribution is -0.121. The number of unbranched alkanes of at least 4 members (excludes halogenated alkanes) is 16. The first-order valence-electron chi connectivity index (χ1n) is 14.7. The zero-order valence-corrected chi connectivity index (χ0v) is 22.9. The molecule has 0 bridgehead atoms. The summed E-state index contributed by atoms with van der Waals surface area (Å²) in [5.41, 5.74) is 0. The quantitative estimate of drug-likeness (QED) is 0.143. The van der Waals surface area contributed by atoms with Crippen molar-refractivity contribution in [3.63, 3.8) is 0 Å². The minimum Gasteiger partial charge on any atom is -0.356 e. The Morgan fingerprint density at radius 1 is 0.438 bits per heavy atom. The third kappa shape index (κ3) is 34.1. The summed E-state index contributed by atoms with van der Waals surface area (Å²) in [6.07, 6.45) is 27.6. The maximum absolute atomic E-state index is 11.4. The molecule has 0 fully saturated rings. The molecule has 0 unspecified atom stereocenters. The van der Waals surface area contributed by atoms with Gasteiger partial charge in [-0.2, -0.15) is 0 Å². The van der Waals surface area contributed by atoms with Crippen LogP contribution >= 0.6 is 0 Å². The molecule has 3 nitrogen and oxygen atoms in total. The van der Waals surface area contributed by atoms with Gasteiger partial charge in [-0.1, -0.05) is 130 Å². The largest absolute Gasteiger partial charge is 0.356 e. The Morgan fingerprint density at radius 2 is 0.812 bits per heavy atom. The molecule has 0 aliphatic heterocycles. The molecule has 0 aromatic rings. The molecule has 0 aromatic heterocycles. The number of hydrogen-bond donors (Lipinski definition) is 2. The second-order valence-corrected chi connectivity index (χ2v) is 9.51. The Hall–Kier alpha value is -0.570. The van der Waals surface area contributed by atoms with Gasteiger partial charge >= 0.3 is 0 Å². The van der Waals surface area contributed by atoms with Crippen LogP contribution in [0.3, 0.4) is 0 Å². The first kappa shape index (κ1) is 33.6. The zero-order valence-electron chi connectivity index (χ0n) is 22.9. The number of amides is 1. The maximum atomic E-state index is 11.4. The zero-order chi connectivity index (χ0) is 24.0. The molecule has 2 N–H and O–H groups in total. The summed E-state index contributed by atoms with van der Waals surface area (Å²) in [7, 11) is 0. The van der Waals surface area contributed by atoms with E-state index < -0.39 is 0 Å². The Bertz CT molecular complexity index is 327. The van der Waals surface area contributed by atoms with E-state index >= 15 is 0 Å². The summed E-state index contributed by atoms with van der Waals surface area (Å²) in [6, 6.07) is 0. The fourth-order valence-electron chi connectivity index (χ4n) is 3.74. The SMILES string of the molecule is CCCCCCCCCCCCCCCCCC(=O)NCCC.CCCCNCCCC. The molecule has 0 heterocycles. The molecule has 0 atom stereocenters. The van der Waals surface area contributed by atoms with E-state index in [4.69, 9.17) is 0 Å². The smallest absolute Gasteiger partial charge is 0.219 e. The van der Waals surface area contributed by atoms with Crippen molar-refractivity contribution >= 4 is 5.91 Å². The van der Waals surface area contributed by atoms with Gasteiger partial charge in [-0.15, -0.1) is 0 Å².